The molecule has 0 amide bonds. The molecule has 0 saturated heterocycles. The third-order valence-corrected chi connectivity index (χ3v) is 5.39. The van der Waals surface area contributed by atoms with Gasteiger partial charge in [-0.1, -0.05) is 6.07 Å². The number of hydrogen-bond acceptors (Lipinski definition) is 8. The van der Waals surface area contributed by atoms with E-state index in [9.17, 15) is 4.79 Å². The van der Waals surface area contributed by atoms with Crippen LogP contribution in [0, 0.1) is 0 Å². The number of methoxy groups -OCH3 is 1. The molecule has 0 fully saturated rings. The van der Waals surface area contributed by atoms with Gasteiger partial charge >= 0.3 is 5.97 Å². The van der Waals surface area contributed by atoms with Crippen molar-refractivity contribution in [1.82, 2.24) is 4.98 Å². The number of carbonyl (C=O) groups is 1. The van der Waals surface area contributed by atoms with Gasteiger partial charge in [-0.25, -0.2) is 9.78 Å². The van der Waals surface area contributed by atoms with Crippen LogP contribution >= 0.6 is 11.3 Å². The standard InChI is InChI=1S/C21H16N2O5S/c1-25-14-5-2-12(3-6-14)16-10-29-21(23-16)22-15-9-18(28-20(15)24)13-4-7-17-19(8-13)27-11-26-17/h2-10,18H,11H2,1H3,(H,22,23). The van der Waals surface area contributed by atoms with Crippen LogP contribution in [0.15, 0.2) is 59.6 Å². The maximum absolute atomic E-state index is 12.3. The number of cyclic esters (lactones) is 1. The zero-order valence-corrected chi connectivity index (χ0v) is 16.2. The molecule has 7 nitrogen and oxygen atoms in total. The van der Waals surface area contributed by atoms with E-state index in [0.29, 0.717) is 22.3 Å². The fourth-order valence-electron chi connectivity index (χ4n) is 3.12. The first-order chi connectivity index (χ1) is 14.2. The number of thiazole rings is 1. The zero-order valence-electron chi connectivity index (χ0n) is 15.4. The van der Waals surface area contributed by atoms with Crippen LogP contribution in [-0.2, 0) is 9.53 Å². The number of esters is 1. The molecular weight excluding hydrogens is 392 g/mol. The van der Waals surface area contributed by atoms with Crippen LogP contribution in [0.5, 0.6) is 17.2 Å². The van der Waals surface area contributed by atoms with Crippen molar-refractivity contribution in [3.05, 3.63) is 65.2 Å². The van der Waals surface area contributed by atoms with Crippen molar-refractivity contribution < 1.29 is 23.7 Å². The number of nitrogens with zero attached hydrogens (tertiary/aromatic N) is 1. The largest absolute Gasteiger partial charge is 0.497 e. The minimum absolute atomic E-state index is 0.201. The van der Waals surface area contributed by atoms with Crippen molar-refractivity contribution in [2.75, 3.05) is 19.2 Å². The third kappa shape index (κ3) is 3.38. The molecule has 0 spiro atoms. The van der Waals surface area contributed by atoms with Crippen molar-refractivity contribution in [1.29, 1.82) is 0 Å². The van der Waals surface area contributed by atoms with E-state index in [1.165, 1.54) is 11.3 Å². The first kappa shape index (κ1) is 17.6. The van der Waals surface area contributed by atoms with E-state index in [1.54, 1.807) is 13.2 Å². The Morgan fingerprint density at radius 2 is 1.97 bits per heavy atom. The Hall–Kier alpha value is -3.52. The van der Waals surface area contributed by atoms with Crippen molar-refractivity contribution in [3.8, 4) is 28.5 Å². The summed E-state index contributed by atoms with van der Waals surface area (Å²) in [6, 6.07) is 13.1. The van der Waals surface area contributed by atoms with E-state index in [2.05, 4.69) is 10.3 Å². The second-order valence-electron chi connectivity index (χ2n) is 6.41. The van der Waals surface area contributed by atoms with E-state index >= 15 is 0 Å². The number of benzene rings is 2. The minimum atomic E-state index is -0.486. The number of rotatable bonds is 5. The highest BCUT2D eigenvalue weighted by atomic mass is 32.1. The zero-order chi connectivity index (χ0) is 19.8. The fourth-order valence-corrected chi connectivity index (χ4v) is 3.85. The Morgan fingerprint density at radius 1 is 1.14 bits per heavy atom. The molecule has 2 aliphatic heterocycles. The van der Waals surface area contributed by atoms with Gasteiger partial charge in [-0.05, 0) is 42.5 Å². The molecule has 1 atom stereocenters. The molecule has 0 bridgehead atoms. The highest BCUT2D eigenvalue weighted by Gasteiger charge is 2.29. The third-order valence-electron chi connectivity index (χ3n) is 4.63. The summed E-state index contributed by atoms with van der Waals surface area (Å²) in [6.45, 7) is 0.201. The molecule has 3 heterocycles. The first-order valence-electron chi connectivity index (χ1n) is 8.89. The number of hydrogen-bond donors (Lipinski definition) is 1. The van der Waals surface area contributed by atoms with Crippen molar-refractivity contribution >= 4 is 22.4 Å². The van der Waals surface area contributed by atoms with Crippen LogP contribution in [0.4, 0.5) is 5.13 Å². The predicted octanol–water partition coefficient (Wildman–Crippen LogP) is 4.14. The Balaban J connectivity index is 1.33. The maximum Gasteiger partial charge on any atom is 0.355 e. The molecule has 3 aromatic rings. The summed E-state index contributed by atoms with van der Waals surface area (Å²) in [5.41, 5.74) is 2.97. The smallest absolute Gasteiger partial charge is 0.355 e. The second-order valence-corrected chi connectivity index (χ2v) is 7.27. The van der Waals surface area contributed by atoms with Gasteiger partial charge in [-0.3, -0.25) is 0 Å². The Labute approximate surface area is 170 Å². The Kier molecular flexibility index (Phi) is 4.33. The molecular formula is C21H16N2O5S. The lowest BCUT2D eigenvalue weighted by Gasteiger charge is -2.08. The molecule has 146 valence electrons. The first-order valence-corrected chi connectivity index (χ1v) is 9.77. The SMILES string of the molecule is COc1ccc(-c2csc(NC3=CC(c4ccc5c(c4)OCO5)OC3=O)n2)cc1. The molecule has 8 heteroatoms. The van der Waals surface area contributed by atoms with E-state index in [-0.39, 0.29) is 6.79 Å². The number of carbonyl (C=O) groups excluding carboxylic acids is 1. The van der Waals surface area contributed by atoms with Gasteiger partial charge in [0.05, 0.1) is 12.8 Å². The molecule has 0 saturated carbocycles. The summed E-state index contributed by atoms with van der Waals surface area (Å²) >= 11 is 1.42. The van der Waals surface area contributed by atoms with Crippen LogP contribution in [0.25, 0.3) is 11.3 Å². The van der Waals surface area contributed by atoms with Gasteiger partial charge in [0.15, 0.2) is 16.6 Å². The molecule has 1 N–H and O–H groups in total. The molecule has 29 heavy (non-hydrogen) atoms. The average molecular weight is 408 g/mol. The van der Waals surface area contributed by atoms with Crippen LogP contribution < -0.4 is 19.5 Å². The lowest BCUT2D eigenvalue weighted by atomic mass is 10.1. The number of fused-ring (bicyclic) bond motifs is 1. The van der Waals surface area contributed by atoms with Gasteiger partial charge in [0.25, 0.3) is 0 Å². The number of aromatic nitrogens is 1. The fraction of sp³-hybridized carbons (Fsp3) is 0.143. The lowest BCUT2D eigenvalue weighted by Crippen LogP contribution is -2.08. The molecule has 0 aliphatic carbocycles. The van der Waals surface area contributed by atoms with Crippen molar-refractivity contribution in [2.24, 2.45) is 0 Å². The van der Waals surface area contributed by atoms with Crippen LogP contribution in [-0.4, -0.2) is 24.9 Å². The molecule has 2 aromatic carbocycles. The molecule has 0 radical (unpaired) electrons. The predicted molar refractivity (Wildman–Crippen MR) is 107 cm³/mol. The van der Waals surface area contributed by atoms with Gasteiger partial charge in [-0.2, -0.15) is 0 Å². The average Bonchev–Trinajstić information content (AvgIpc) is 3.48. The second kappa shape index (κ2) is 7.14. The topological polar surface area (TPSA) is 78.9 Å². The number of nitrogens with one attached hydrogen (secondary N) is 1. The highest BCUT2D eigenvalue weighted by molar-refractivity contribution is 7.14. The maximum atomic E-state index is 12.3. The van der Waals surface area contributed by atoms with Gasteiger partial charge in [0.2, 0.25) is 6.79 Å². The van der Waals surface area contributed by atoms with E-state index < -0.39 is 12.1 Å². The highest BCUT2D eigenvalue weighted by Crippen LogP contribution is 2.37. The summed E-state index contributed by atoms with van der Waals surface area (Å²) in [4.78, 5) is 16.9. The van der Waals surface area contributed by atoms with Crippen LogP contribution in [0.1, 0.15) is 11.7 Å². The number of ether oxygens (including phenoxy) is 4. The monoisotopic (exact) mass is 408 g/mol. The van der Waals surface area contributed by atoms with Crippen LogP contribution in [0.3, 0.4) is 0 Å². The van der Waals surface area contributed by atoms with E-state index in [4.69, 9.17) is 18.9 Å². The summed E-state index contributed by atoms with van der Waals surface area (Å²) in [5.74, 6) is 1.70. The quantitative estimate of drug-likeness (QED) is 0.636. The molecule has 1 unspecified atom stereocenters. The van der Waals surface area contributed by atoms with Crippen molar-refractivity contribution in [2.45, 2.75) is 6.10 Å². The van der Waals surface area contributed by atoms with Gasteiger partial charge < -0.3 is 24.3 Å². The van der Waals surface area contributed by atoms with Gasteiger partial charge in [0, 0.05) is 16.5 Å². The summed E-state index contributed by atoms with van der Waals surface area (Å²) in [7, 11) is 1.63. The summed E-state index contributed by atoms with van der Waals surface area (Å²) < 4.78 is 21.4. The summed E-state index contributed by atoms with van der Waals surface area (Å²) in [6.07, 6.45) is 1.26. The van der Waals surface area contributed by atoms with Gasteiger partial charge in [0.1, 0.15) is 17.6 Å². The minimum Gasteiger partial charge on any atom is -0.497 e. The Bertz CT molecular complexity index is 1110. The van der Waals surface area contributed by atoms with Gasteiger partial charge in [-0.15, -0.1) is 11.3 Å². The molecule has 2 aliphatic rings. The Morgan fingerprint density at radius 3 is 2.79 bits per heavy atom. The number of anilines is 1. The van der Waals surface area contributed by atoms with Crippen molar-refractivity contribution in [3.63, 3.8) is 0 Å². The van der Waals surface area contributed by atoms with Crippen LogP contribution in [0.2, 0.25) is 0 Å². The molecule has 5 rings (SSSR count). The normalized spacial score (nSPS) is 17.1. The molecule has 1 aromatic heterocycles. The lowest BCUT2D eigenvalue weighted by molar-refractivity contribution is -0.139. The van der Waals surface area contributed by atoms with E-state index in [0.717, 1.165) is 22.6 Å². The summed E-state index contributed by atoms with van der Waals surface area (Å²) in [5, 5.41) is 5.62. The van der Waals surface area contributed by atoms with E-state index in [1.807, 2.05) is 47.8 Å².